The highest BCUT2D eigenvalue weighted by atomic mass is 35.5. The summed E-state index contributed by atoms with van der Waals surface area (Å²) in [5.74, 6) is -0.226. The van der Waals surface area contributed by atoms with Crippen LogP contribution in [0.5, 0.6) is 0 Å². The number of halogens is 1. The highest BCUT2D eigenvalue weighted by Crippen LogP contribution is 2.23. The highest BCUT2D eigenvalue weighted by Gasteiger charge is 2.13. The number of benzene rings is 1. The molecule has 94 valence electrons. The average molecular weight is 282 g/mol. The van der Waals surface area contributed by atoms with E-state index in [1.807, 2.05) is 6.92 Å². The molecule has 0 unspecified atom stereocenters. The molecule has 2 N–H and O–H groups in total. The minimum Gasteiger partial charge on any atom is -0.387 e. The Balaban J connectivity index is 2.25. The summed E-state index contributed by atoms with van der Waals surface area (Å²) in [7, 11) is 1.76. The topological polar surface area (TPSA) is 54.0 Å². The zero-order chi connectivity index (χ0) is 13.1. The first-order valence-corrected chi connectivity index (χ1v) is 6.50. The van der Waals surface area contributed by atoms with Crippen molar-refractivity contribution in [2.75, 3.05) is 17.7 Å². The van der Waals surface area contributed by atoms with Gasteiger partial charge in [-0.05, 0) is 25.1 Å². The van der Waals surface area contributed by atoms with Gasteiger partial charge in [-0.2, -0.15) is 0 Å². The second kappa shape index (κ2) is 5.37. The van der Waals surface area contributed by atoms with E-state index < -0.39 is 0 Å². The van der Waals surface area contributed by atoms with Gasteiger partial charge in [0, 0.05) is 28.8 Å². The van der Waals surface area contributed by atoms with Gasteiger partial charge in [0.2, 0.25) is 0 Å². The van der Waals surface area contributed by atoms with Crippen molar-refractivity contribution in [1.29, 1.82) is 0 Å². The first-order valence-electron chi connectivity index (χ1n) is 5.31. The first-order chi connectivity index (χ1) is 8.60. The molecule has 1 aromatic carbocycles. The van der Waals surface area contributed by atoms with Crippen LogP contribution in [0.2, 0.25) is 5.02 Å². The Bertz CT molecular complexity index is 582. The van der Waals surface area contributed by atoms with E-state index in [0.717, 1.165) is 10.6 Å². The number of carbonyl (C=O) groups excluding carboxylic acids is 1. The molecule has 0 saturated carbocycles. The SMILES string of the molecule is CNc1ccc(Cl)cc1C(=O)Nc1ncc(C)s1. The van der Waals surface area contributed by atoms with Gasteiger partial charge in [0.1, 0.15) is 0 Å². The molecule has 0 aliphatic rings. The fourth-order valence-corrected chi connectivity index (χ4v) is 2.33. The summed E-state index contributed by atoms with van der Waals surface area (Å²) in [6, 6.07) is 5.13. The maximum absolute atomic E-state index is 12.1. The van der Waals surface area contributed by atoms with Crippen molar-refractivity contribution in [2.45, 2.75) is 6.92 Å². The van der Waals surface area contributed by atoms with Gasteiger partial charge in [0.25, 0.3) is 5.91 Å². The fraction of sp³-hybridized carbons (Fsp3) is 0.167. The summed E-state index contributed by atoms with van der Waals surface area (Å²) in [6.07, 6.45) is 1.72. The summed E-state index contributed by atoms with van der Waals surface area (Å²) in [5, 5.41) is 6.81. The number of anilines is 2. The third-order valence-corrected chi connectivity index (χ3v) is 3.40. The number of rotatable bonds is 3. The molecule has 2 rings (SSSR count). The molecule has 0 saturated heterocycles. The van der Waals surface area contributed by atoms with Crippen LogP contribution in [0.3, 0.4) is 0 Å². The van der Waals surface area contributed by atoms with Crippen LogP contribution in [0.15, 0.2) is 24.4 Å². The Morgan fingerprint density at radius 2 is 2.22 bits per heavy atom. The number of thiazole rings is 1. The number of hydrogen-bond donors (Lipinski definition) is 2. The van der Waals surface area contributed by atoms with Crippen molar-refractivity contribution < 1.29 is 4.79 Å². The lowest BCUT2D eigenvalue weighted by Gasteiger charge is -2.08. The molecule has 18 heavy (non-hydrogen) atoms. The molecule has 0 atom stereocenters. The van der Waals surface area contributed by atoms with Crippen LogP contribution in [-0.2, 0) is 0 Å². The van der Waals surface area contributed by atoms with Crippen LogP contribution in [-0.4, -0.2) is 17.9 Å². The number of hydrogen-bond acceptors (Lipinski definition) is 4. The second-order valence-corrected chi connectivity index (χ2v) is 5.34. The Morgan fingerprint density at radius 1 is 1.44 bits per heavy atom. The molecule has 0 fully saturated rings. The van der Waals surface area contributed by atoms with Crippen molar-refractivity contribution in [3.05, 3.63) is 39.9 Å². The standard InChI is InChI=1S/C12H12ClN3OS/c1-7-6-15-12(18-7)16-11(17)9-5-8(13)3-4-10(9)14-2/h3-6,14H,1-2H3,(H,15,16,17). The summed E-state index contributed by atoms with van der Waals surface area (Å²) >= 11 is 7.34. The predicted octanol–water partition coefficient (Wildman–Crippen LogP) is 3.40. The molecule has 0 radical (unpaired) electrons. The third-order valence-electron chi connectivity index (χ3n) is 2.34. The number of carbonyl (C=O) groups is 1. The van der Waals surface area contributed by atoms with Crippen LogP contribution >= 0.6 is 22.9 Å². The van der Waals surface area contributed by atoms with Crippen molar-refractivity contribution in [3.63, 3.8) is 0 Å². The van der Waals surface area contributed by atoms with Gasteiger partial charge in [0.05, 0.1) is 5.56 Å². The molecule has 1 amide bonds. The molecular weight excluding hydrogens is 270 g/mol. The molecule has 0 spiro atoms. The van der Waals surface area contributed by atoms with Gasteiger partial charge in [-0.3, -0.25) is 10.1 Å². The summed E-state index contributed by atoms with van der Waals surface area (Å²) in [6.45, 7) is 1.94. The highest BCUT2D eigenvalue weighted by molar-refractivity contribution is 7.15. The van der Waals surface area contributed by atoms with Crippen molar-refractivity contribution in [3.8, 4) is 0 Å². The van der Waals surface area contributed by atoms with Gasteiger partial charge in [-0.15, -0.1) is 11.3 Å². The Kier molecular flexibility index (Phi) is 3.84. The van der Waals surface area contributed by atoms with E-state index in [9.17, 15) is 4.79 Å². The number of aryl methyl sites for hydroxylation is 1. The van der Waals surface area contributed by atoms with E-state index in [1.54, 1.807) is 31.4 Å². The van der Waals surface area contributed by atoms with Crippen LogP contribution < -0.4 is 10.6 Å². The second-order valence-electron chi connectivity index (χ2n) is 3.67. The molecule has 1 aromatic heterocycles. The Labute approximate surface area is 114 Å². The van der Waals surface area contributed by atoms with Crippen molar-refractivity contribution in [2.24, 2.45) is 0 Å². The molecule has 0 aliphatic carbocycles. The third kappa shape index (κ3) is 2.80. The maximum atomic E-state index is 12.1. The van der Waals surface area contributed by atoms with Gasteiger partial charge >= 0.3 is 0 Å². The first kappa shape index (κ1) is 12.9. The van der Waals surface area contributed by atoms with E-state index in [4.69, 9.17) is 11.6 Å². The summed E-state index contributed by atoms with van der Waals surface area (Å²) in [5.41, 5.74) is 1.23. The monoisotopic (exact) mass is 281 g/mol. The van der Waals surface area contributed by atoms with Crippen molar-refractivity contribution >= 4 is 39.7 Å². The normalized spacial score (nSPS) is 10.2. The van der Waals surface area contributed by atoms with Gasteiger partial charge < -0.3 is 5.32 Å². The lowest BCUT2D eigenvalue weighted by Crippen LogP contribution is -2.13. The fourth-order valence-electron chi connectivity index (χ4n) is 1.50. The zero-order valence-electron chi connectivity index (χ0n) is 9.95. The molecule has 1 heterocycles. The van der Waals surface area contributed by atoms with Crippen LogP contribution in [0.4, 0.5) is 10.8 Å². The Morgan fingerprint density at radius 3 is 2.83 bits per heavy atom. The van der Waals surface area contributed by atoms with Gasteiger partial charge in [0.15, 0.2) is 5.13 Å². The average Bonchev–Trinajstić information content (AvgIpc) is 2.74. The smallest absolute Gasteiger partial charge is 0.259 e. The Hall–Kier alpha value is -1.59. The molecule has 0 bridgehead atoms. The quantitative estimate of drug-likeness (QED) is 0.907. The minimum absolute atomic E-state index is 0.226. The number of amides is 1. The molecule has 0 aliphatic heterocycles. The molecule has 4 nitrogen and oxygen atoms in total. The molecule has 6 heteroatoms. The number of aromatic nitrogens is 1. The number of nitrogens with one attached hydrogen (secondary N) is 2. The molecule has 2 aromatic rings. The predicted molar refractivity (Wildman–Crippen MR) is 75.8 cm³/mol. The van der Waals surface area contributed by atoms with Crippen LogP contribution in [0, 0.1) is 6.92 Å². The van der Waals surface area contributed by atoms with Crippen LogP contribution in [0.25, 0.3) is 0 Å². The van der Waals surface area contributed by atoms with Crippen LogP contribution in [0.1, 0.15) is 15.2 Å². The van der Waals surface area contributed by atoms with E-state index >= 15 is 0 Å². The van der Waals surface area contributed by atoms with E-state index in [1.165, 1.54) is 11.3 Å². The maximum Gasteiger partial charge on any atom is 0.259 e. The van der Waals surface area contributed by atoms with Gasteiger partial charge in [-0.1, -0.05) is 11.6 Å². The van der Waals surface area contributed by atoms with E-state index in [-0.39, 0.29) is 5.91 Å². The minimum atomic E-state index is -0.226. The largest absolute Gasteiger partial charge is 0.387 e. The number of nitrogens with zero attached hydrogens (tertiary/aromatic N) is 1. The van der Waals surface area contributed by atoms with E-state index in [2.05, 4.69) is 15.6 Å². The lowest BCUT2D eigenvalue weighted by molar-refractivity contribution is 0.102. The van der Waals surface area contributed by atoms with E-state index in [0.29, 0.717) is 15.7 Å². The van der Waals surface area contributed by atoms with Gasteiger partial charge in [-0.25, -0.2) is 4.98 Å². The summed E-state index contributed by atoms with van der Waals surface area (Å²) in [4.78, 5) is 17.3. The molecular formula is C12H12ClN3OS. The summed E-state index contributed by atoms with van der Waals surface area (Å²) < 4.78 is 0. The zero-order valence-corrected chi connectivity index (χ0v) is 11.5. The lowest BCUT2D eigenvalue weighted by atomic mass is 10.1. The van der Waals surface area contributed by atoms with Crippen molar-refractivity contribution in [1.82, 2.24) is 4.98 Å².